The first kappa shape index (κ1) is 13.3. The minimum absolute atomic E-state index is 0.0731. The van der Waals surface area contributed by atoms with E-state index in [4.69, 9.17) is 10.5 Å². The lowest BCUT2D eigenvalue weighted by Crippen LogP contribution is -2.30. The van der Waals surface area contributed by atoms with E-state index in [-0.39, 0.29) is 17.0 Å². The molecular formula is C12H16FNO3S. The van der Waals surface area contributed by atoms with Crippen molar-refractivity contribution in [3.8, 4) is 0 Å². The van der Waals surface area contributed by atoms with E-state index < -0.39 is 20.9 Å². The molecule has 0 amide bonds. The molecule has 0 saturated carbocycles. The van der Waals surface area contributed by atoms with E-state index in [1.807, 2.05) is 0 Å². The molecule has 1 aliphatic rings. The summed E-state index contributed by atoms with van der Waals surface area (Å²) in [5.41, 5.74) is 5.89. The van der Waals surface area contributed by atoms with Gasteiger partial charge in [0.05, 0.1) is 11.0 Å². The first-order valence-electron chi connectivity index (χ1n) is 5.83. The van der Waals surface area contributed by atoms with Crippen molar-refractivity contribution in [3.05, 3.63) is 29.6 Å². The normalized spacial score (nSPS) is 17.8. The van der Waals surface area contributed by atoms with Gasteiger partial charge in [0.15, 0.2) is 9.84 Å². The van der Waals surface area contributed by atoms with E-state index >= 15 is 0 Å². The molecule has 0 aromatic heterocycles. The first-order valence-corrected chi connectivity index (χ1v) is 7.54. The molecule has 0 radical (unpaired) electrons. The maximum Gasteiger partial charge on any atom is 0.157 e. The monoisotopic (exact) mass is 273 g/mol. The summed E-state index contributed by atoms with van der Waals surface area (Å²) in [6, 6.07) is 4.21. The fourth-order valence-corrected chi connectivity index (χ4v) is 3.94. The zero-order valence-electron chi connectivity index (χ0n) is 9.93. The standard InChI is InChI=1S/C12H16FNO3S/c13-11-2-1-3-12(14)10(11)8-18(15,16)9-4-6-17-7-5-9/h1-3,9H,4-8,14H2. The lowest BCUT2D eigenvalue weighted by Gasteiger charge is -2.22. The van der Waals surface area contributed by atoms with Crippen LogP contribution in [0.4, 0.5) is 10.1 Å². The fourth-order valence-electron chi connectivity index (χ4n) is 2.08. The maximum absolute atomic E-state index is 13.6. The highest BCUT2D eigenvalue weighted by atomic mass is 32.2. The number of rotatable bonds is 3. The van der Waals surface area contributed by atoms with Crippen LogP contribution in [0.15, 0.2) is 18.2 Å². The van der Waals surface area contributed by atoms with Crippen molar-refractivity contribution in [2.75, 3.05) is 18.9 Å². The van der Waals surface area contributed by atoms with Crippen LogP contribution in [0.5, 0.6) is 0 Å². The summed E-state index contributed by atoms with van der Waals surface area (Å²) in [5, 5.41) is -0.453. The number of hydrogen-bond donors (Lipinski definition) is 1. The highest BCUT2D eigenvalue weighted by Crippen LogP contribution is 2.24. The molecule has 18 heavy (non-hydrogen) atoms. The molecule has 1 saturated heterocycles. The lowest BCUT2D eigenvalue weighted by atomic mass is 10.2. The van der Waals surface area contributed by atoms with Crippen molar-refractivity contribution in [3.63, 3.8) is 0 Å². The average molecular weight is 273 g/mol. The zero-order valence-corrected chi connectivity index (χ0v) is 10.7. The third-order valence-electron chi connectivity index (χ3n) is 3.18. The number of halogens is 1. The van der Waals surface area contributed by atoms with Crippen LogP contribution in [-0.4, -0.2) is 26.9 Å². The van der Waals surface area contributed by atoms with Gasteiger partial charge in [-0.05, 0) is 25.0 Å². The first-order chi connectivity index (χ1) is 8.50. The van der Waals surface area contributed by atoms with Crippen LogP contribution < -0.4 is 5.73 Å². The molecule has 1 fully saturated rings. The number of anilines is 1. The summed E-state index contributed by atoms with van der Waals surface area (Å²) < 4.78 is 43.1. The smallest absolute Gasteiger partial charge is 0.157 e. The molecule has 0 bridgehead atoms. The van der Waals surface area contributed by atoms with Crippen molar-refractivity contribution in [2.45, 2.75) is 23.8 Å². The summed E-state index contributed by atoms with van der Waals surface area (Å²) >= 11 is 0. The third-order valence-corrected chi connectivity index (χ3v) is 5.35. The highest BCUT2D eigenvalue weighted by Gasteiger charge is 2.29. The van der Waals surface area contributed by atoms with E-state index in [1.165, 1.54) is 18.2 Å². The highest BCUT2D eigenvalue weighted by molar-refractivity contribution is 7.91. The summed E-state index contributed by atoms with van der Waals surface area (Å²) in [7, 11) is -3.38. The molecule has 0 atom stereocenters. The Bertz CT molecular complexity index is 504. The topological polar surface area (TPSA) is 69.4 Å². The molecule has 0 spiro atoms. The van der Waals surface area contributed by atoms with Gasteiger partial charge in [-0.15, -0.1) is 0 Å². The molecule has 4 nitrogen and oxygen atoms in total. The second-order valence-electron chi connectivity index (χ2n) is 4.43. The maximum atomic E-state index is 13.6. The number of nitrogen functional groups attached to an aromatic ring is 1. The van der Waals surface area contributed by atoms with Gasteiger partial charge in [0.2, 0.25) is 0 Å². The molecule has 0 unspecified atom stereocenters. The molecule has 1 heterocycles. The molecule has 1 aliphatic heterocycles. The van der Waals surface area contributed by atoms with Crippen LogP contribution in [0.3, 0.4) is 0 Å². The Balaban J connectivity index is 2.22. The summed E-state index contributed by atoms with van der Waals surface area (Å²) in [6.07, 6.45) is 0.938. The Morgan fingerprint density at radius 3 is 2.61 bits per heavy atom. The van der Waals surface area contributed by atoms with Crippen molar-refractivity contribution in [2.24, 2.45) is 0 Å². The Kier molecular flexibility index (Phi) is 3.87. The lowest BCUT2D eigenvalue weighted by molar-refractivity contribution is 0.0983. The van der Waals surface area contributed by atoms with E-state index in [0.717, 1.165) is 0 Å². The van der Waals surface area contributed by atoms with Crippen molar-refractivity contribution >= 4 is 15.5 Å². The van der Waals surface area contributed by atoms with Gasteiger partial charge in [-0.25, -0.2) is 12.8 Å². The van der Waals surface area contributed by atoms with Crippen LogP contribution >= 0.6 is 0 Å². The minimum Gasteiger partial charge on any atom is -0.398 e. The third kappa shape index (κ3) is 2.81. The summed E-state index contributed by atoms with van der Waals surface area (Å²) in [6.45, 7) is 0.882. The molecular weight excluding hydrogens is 257 g/mol. The van der Waals surface area contributed by atoms with Gasteiger partial charge in [0.1, 0.15) is 5.82 Å². The quantitative estimate of drug-likeness (QED) is 0.847. The molecule has 6 heteroatoms. The number of benzene rings is 1. The summed E-state index contributed by atoms with van der Waals surface area (Å²) in [5.74, 6) is -0.901. The van der Waals surface area contributed by atoms with Gasteiger partial charge < -0.3 is 10.5 Å². The average Bonchev–Trinajstić information content (AvgIpc) is 2.35. The predicted octanol–water partition coefficient (Wildman–Crippen LogP) is 1.50. The molecule has 1 aromatic rings. The molecule has 2 N–H and O–H groups in total. The van der Waals surface area contributed by atoms with Gasteiger partial charge in [-0.2, -0.15) is 0 Å². The molecule has 0 aliphatic carbocycles. The molecule has 100 valence electrons. The minimum atomic E-state index is -3.38. The molecule has 1 aromatic carbocycles. The predicted molar refractivity (Wildman–Crippen MR) is 67.3 cm³/mol. The second-order valence-corrected chi connectivity index (χ2v) is 6.71. The van der Waals surface area contributed by atoms with Gasteiger partial charge in [-0.3, -0.25) is 0 Å². The summed E-state index contributed by atoms with van der Waals surface area (Å²) in [4.78, 5) is 0. The van der Waals surface area contributed by atoms with Crippen LogP contribution in [0.1, 0.15) is 18.4 Å². The van der Waals surface area contributed by atoms with Crippen molar-refractivity contribution in [1.29, 1.82) is 0 Å². The van der Waals surface area contributed by atoms with E-state index in [1.54, 1.807) is 0 Å². The van der Waals surface area contributed by atoms with Gasteiger partial charge in [-0.1, -0.05) is 6.07 Å². The Labute approximate surface area is 106 Å². The van der Waals surface area contributed by atoms with Gasteiger partial charge in [0.25, 0.3) is 0 Å². The molecule has 2 rings (SSSR count). The van der Waals surface area contributed by atoms with Gasteiger partial charge >= 0.3 is 0 Å². The van der Waals surface area contributed by atoms with Crippen LogP contribution in [0.2, 0.25) is 0 Å². The van der Waals surface area contributed by atoms with Crippen molar-refractivity contribution < 1.29 is 17.5 Å². The SMILES string of the molecule is Nc1cccc(F)c1CS(=O)(=O)C1CCOCC1. The van der Waals surface area contributed by atoms with Gasteiger partial charge in [0, 0.05) is 24.5 Å². The van der Waals surface area contributed by atoms with Crippen molar-refractivity contribution in [1.82, 2.24) is 0 Å². The van der Waals surface area contributed by atoms with E-state index in [2.05, 4.69) is 0 Å². The number of hydrogen-bond acceptors (Lipinski definition) is 4. The zero-order chi connectivity index (χ0) is 13.2. The number of ether oxygens (including phenoxy) is 1. The van der Waals surface area contributed by atoms with Crippen LogP contribution in [-0.2, 0) is 20.3 Å². The Morgan fingerprint density at radius 2 is 2.00 bits per heavy atom. The van der Waals surface area contributed by atoms with E-state index in [9.17, 15) is 12.8 Å². The Morgan fingerprint density at radius 1 is 1.33 bits per heavy atom. The number of nitrogens with two attached hydrogens (primary N) is 1. The van der Waals surface area contributed by atoms with Crippen LogP contribution in [0, 0.1) is 5.82 Å². The number of sulfone groups is 1. The Hall–Kier alpha value is -1.14. The fraction of sp³-hybridized carbons (Fsp3) is 0.500. The second kappa shape index (κ2) is 5.24. The van der Waals surface area contributed by atoms with E-state index in [0.29, 0.717) is 26.1 Å². The largest absolute Gasteiger partial charge is 0.398 e. The van der Waals surface area contributed by atoms with Crippen LogP contribution in [0.25, 0.3) is 0 Å².